The summed E-state index contributed by atoms with van der Waals surface area (Å²) in [5.74, 6) is 0.430. The molecule has 2 N–H and O–H groups in total. The van der Waals surface area contributed by atoms with Crippen molar-refractivity contribution in [3.63, 3.8) is 0 Å². The van der Waals surface area contributed by atoms with Gasteiger partial charge in [-0.3, -0.25) is 14.5 Å². The van der Waals surface area contributed by atoms with E-state index in [1.807, 2.05) is 42.5 Å². The van der Waals surface area contributed by atoms with Crippen LogP contribution in [-0.4, -0.2) is 63.5 Å². The first kappa shape index (κ1) is 31.4. The van der Waals surface area contributed by atoms with E-state index in [4.69, 9.17) is 19.9 Å². The molecule has 0 bridgehead atoms. The van der Waals surface area contributed by atoms with Crippen molar-refractivity contribution in [2.45, 2.75) is 72.2 Å². The third-order valence-corrected chi connectivity index (χ3v) is 6.41. The molecule has 11 nitrogen and oxygen atoms in total. The summed E-state index contributed by atoms with van der Waals surface area (Å²) in [5, 5.41) is 4.55. The van der Waals surface area contributed by atoms with Crippen LogP contribution in [0.15, 0.2) is 54.6 Å². The third-order valence-electron chi connectivity index (χ3n) is 6.41. The number of fused-ring (bicyclic) bond motifs is 1. The number of ether oxygens (including phenoxy) is 3. The molecule has 0 fully saturated rings. The average molecular weight is 592 g/mol. The monoisotopic (exact) mass is 591 g/mol. The lowest BCUT2D eigenvalue weighted by atomic mass is 10.1. The zero-order valence-corrected chi connectivity index (χ0v) is 25.8. The van der Waals surface area contributed by atoms with E-state index in [0.717, 1.165) is 16.9 Å². The van der Waals surface area contributed by atoms with Gasteiger partial charge in [-0.15, -0.1) is 0 Å². The number of nitrogen functional groups attached to an aromatic ring is 1. The van der Waals surface area contributed by atoms with Gasteiger partial charge in [-0.25, -0.2) is 9.48 Å². The van der Waals surface area contributed by atoms with Crippen LogP contribution in [0.3, 0.4) is 0 Å². The van der Waals surface area contributed by atoms with E-state index in [0.29, 0.717) is 30.2 Å². The van der Waals surface area contributed by atoms with Crippen LogP contribution in [0, 0.1) is 0 Å². The summed E-state index contributed by atoms with van der Waals surface area (Å²) in [4.78, 5) is 41.6. The number of carbonyl (C=O) groups excluding carboxylic acids is 3. The number of carbonyl (C=O) groups is 3. The maximum absolute atomic E-state index is 13.4. The lowest BCUT2D eigenvalue weighted by Gasteiger charge is -2.29. The fraction of sp³-hybridized carbons (Fsp3) is 0.438. The fourth-order valence-electron chi connectivity index (χ4n) is 4.61. The molecule has 230 valence electrons. The maximum atomic E-state index is 13.4. The summed E-state index contributed by atoms with van der Waals surface area (Å²) in [6, 6.07) is 17.0. The highest BCUT2D eigenvalue weighted by atomic mass is 16.6. The van der Waals surface area contributed by atoms with E-state index in [-0.39, 0.29) is 32.0 Å². The lowest BCUT2D eigenvalue weighted by molar-refractivity contribution is -0.155. The summed E-state index contributed by atoms with van der Waals surface area (Å²) in [6.07, 6.45) is -0.0861. The molecule has 0 unspecified atom stereocenters. The smallest absolute Gasteiger partial charge is 0.410 e. The van der Waals surface area contributed by atoms with Gasteiger partial charge in [-0.1, -0.05) is 18.2 Å². The van der Waals surface area contributed by atoms with Gasteiger partial charge in [0, 0.05) is 24.8 Å². The minimum atomic E-state index is -0.758. The lowest BCUT2D eigenvalue weighted by Crippen LogP contribution is -2.45. The number of aromatic nitrogens is 2. The minimum absolute atomic E-state index is 0.00636. The van der Waals surface area contributed by atoms with Crippen molar-refractivity contribution in [3.05, 3.63) is 65.9 Å². The minimum Gasteiger partial charge on any atom is -0.487 e. The fourth-order valence-corrected chi connectivity index (χ4v) is 4.61. The van der Waals surface area contributed by atoms with Gasteiger partial charge in [0.05, 0.1) is 12.1 Å². The molecule has 0 saturated heterocycles. The summed E-state index contributed by atoms with van der Waals surface area (Å²) in [7, 11) is 0. The number of benzene rings is 2. The van der Waals surface area contributed by atoms with E-state index >= 15 is 0 Å². The van der Waals surface area contributed by atoms with Crippen LogP contribution >= 0.6 is 0 Å². The topological polar surface area (TPSA) is 129 Å². The van der Waals surface area contributed by atoms with Crippen LogP contribution in [0.2, 0.25) is 0 Å². The number of rotatable bonds is 9. The highest BCUT2D eigenvalue weighted by Gasteiger charge is 2.30. The van der Waals surface area contributed by atoms with Gasteiger partial charge in [0.25, 0.3) is 0 Å². The maximum Gasteiger partial charge on any atom is 0.410 e. The standard InChI is InChI=1S/C32H41N5O6/c1-31(2,3)42-29(39)15-16-35(30(40)43-32(4,5)6)20-28(38)36-17-14-22-18-25(12-13-26(22)36)41-21-23-19-27(33)37(34-23)24-10-8-7-9-11-24/h7-13,18-19H,14-17,20-21,33H2,1-6H3. The Morgan fingerprint density at radius 3 is 2.33 bits per heavy atom. The van der Waals surface area contributed by atoms with E-state index in [1.54, 1.807) is 63.3 Å². The Kier molecular flexibility index (Phi) is 9.32. The second kappa shape index (κ2) is 12.8. The molecule has 4 rings (SSSR count). The molecule has 1 aliphatic rings. The SMILES string of the molecule is CC(C)(C)OC(=O)CCN(CC(=O)N1CCc2cc(OCc3cc(N)n(-c4ccccc4)n3)ccc21)C(=O)OC(C)(C)C. The molecule has 2 aromatic carbocycles. The van der Waals surface area contributed by atoms with Crippen LogP contribution in [0.25, 0.3) is 5.69 Å². The molecular weight excluding hydrogens is 550 g/mol. The van der Waals surface area contributed by atoms with Crippen molar-refractivity contribution in [1.82, 2.24) is 14.7 Å². The molecule has 0 spiro atoms. The number of esters is 1. The molecule has 0 radical (unpaired) electrons. The largest absolute Gasteiger partial charge is 0.487 e. The highest BCUT2D eigenvalue weighted by Crippen LogP contribution is 2.32. The predicted octanol–water partition coefficient (Wildman–Crippen LogP) is 4.89. The van der Waals surface area contributed by atoms with Gasteiger partial charge < -0.3 is 24.8 Å². The number of nitrogens with zero attached hydrogens (tertiary/aromatic N) is 4. The van der Waals surface area contributed by atoms with Gasteiger partial charge >= 0.3 is 12.1 Å². The summed E-state index contributed by atoms with van der Waals surface area (Å²) >= 11 is 0. The zero-order valence-electron chi connectivity index (χ0n) is 25.8. The Bertz CT molecular complexity index is 1460. The highest BCUT2D eigenvalue weighted by molar-refractivity contribution is 5.98. The third kappa shape index (κ3) is 8.73. The second-order valence-corrected chi connectivity index (χ2v) is 12.4. The molecule has 0 aliphatic carbocycles. The molecule has 1 aromatic heterocycles. The Labute approximate surface area is 252 Å². The molecule has 0 saturated carbocycles. The number of nitrogens with two attached hydrogens (primary N) is 1. The molecule has 3 aromatic rings. The van der Waals surface area contributed by atoms with E-state index in [1.165, 1.54) is 4.90 Å². The van der Waals surface area contributed by atoms with Crippen LogP contribution in [0.1, 0.15) is 59.2 Å². The normalized spacial score (nSPS) is 12.9. The summed E-state index contributed by atoms with van der Waals surface area (Å²) in [5.41, 5.74) is 8.01. The summed E-state index contributed by atoms with van der Waals surface area (Å²) < 4.78 is 18.5. The number of hydrogen-bond donors (Lipinski definition) is 1. The molecule has 1 aliphatic heterocycles. The van der Waals surface area contributed by atoms with E-state index in [2.05, 4.69) is 5.10 Å². The van der Waals surface area contributed by atoms with Crippen molar-refractivity contribution in [2.75, 3.05) is 30.3 Å². The van der Waals surface area contributed by atoms with Crippen molar-refractivity contribution in [2.24, 2.45) is 0 Å². The van der Waals surface area contributed by atoms with Crippen molar-refractivity contribution in [1.29, 1.82) is 0 Å². The number of hydrogen-bond acceptors (Lipinski definition) is 8. The Morgan fingerprint density at radius 2 is 1.65 bits per heavy atom. The number of para-hydroxylation sites is 1. The van der Waals surface area contributed by atoms with Crippen LogP contribution in [-0.2, 0) is 32.1 Å². The zero-order chi connectivity index (χ0) is 31.4. The first-order chi connectivity index (χ1) is 20.2. The predicted molar refractivity (Wildman–Crippen MR) is 163 cm³/mol. The number of amides is 2. The van der Waals surface area contributed by atoms with Crippen molar-refractivity contribution >= 4 is 29.5 Å². The Morgan fingerprint density at radius 1 is 0.953 bits per heavy atom. The van der Waals surface area contributed by atoms with Crippen molar-refractivity contribution < 1.29 is 28.6 Å². The molecule has 43 heavy (non-hydrogen) atoms. The first-order valence-corrected chi connectivity index (χ1v) is 14.3. The second-order valence-electron chi connectivity index (χ2n) is 12.4. The van der Waals surface area contributed by atoms with Crippen LogP contribution in [0.4, 0.5) is 16.3 Å². The Balaban J connectivity index is 1.40. The van der Waals surface area contributed by atoms with Gasteiger partial charge in [0.2, 0.25) is 5.91 Å². The first-order valence-electron chi connectivity index (χ1n) is 14.3. The van der Waals surface area contributed by atoms with Gasteiger partial charge in [-0.05, 0) is 83.9 Å². The van der Waals surface area contributed by atoms with Gasteiger partial charge in [-0.2, -0.15) is 5.10 Å². The quantitative estimate of drug-likeness (QED) is 0.348. The summed E-state index contributed by atoms with van der Waals surface area (Å²) in [6.45, 7) is 11.0. The van der Waals surface area contributed by atoms with Gasteiger partial charge in [0.15, 0.2) is 0 Å². The molecule has 2 amide bonds. The van der Waals surface area contributed by atoms with Crippen LogP contribution in [0.5, 0.6) is 5.75 Å². The molecule has 0 atom stereocenters. The van der Waals surface area contributed by atoms with E-state index < -0.39 is 23.3 Å². The number of anilines is 2. The molecular formula is C32H41N5O6. The van der Waals surface area contributed by atoms with Crippen molar-refractivity contribution in [3.8, 4) is 11.4 Å². The van der Waals surface area contributed by atoms with Crippen LogP contribution < -0.4 is 15.4 Å². The molecule has 11 heteroatoms. The molecule has 2 heterocycles. The van der Waals surface area contributed by atoms with E-state index in [9.17, 15) is 14.4 Å². The average Bonchev–Trinajstić information content (AvgIpc) is 3.51. The van der Waals surface area contributed by atoms with Gasteiger partial charge in [0.1, 0.15) is 41.6 Å². The Hall–Kier alpha value is -4.54.